The van der Waals surface area contributed by atoms with Crippen molar-refractivity contribution in [2.75, 3.05) is 5.32 Å². The number of pyridine rings is 1. The number of aromatic nitrogens is 3. The summed E-state index contributed by atoms with van der Waals surface area (Å²) in [5.41, 5.74) is 2.61. The molecule has 2 heterocycles. The van der Waals surface area contributed by atoms with Gasteiger partial charge in [0, 0.05) is 17.3 Å². The van der Waals surface area contributed by atoms with Crippen molar-refractivity contribution >= 4 is 33.3 Å². The van der Waals surface area contributed by atoms with E-state index in [0.717, 1.165) is 27.9 Å². The van der Waals surface area contributed by atoms with Crippen LogP contribution in [0.4, 0.5) is 11.5 Å². The number of benzene rings is 2. The highest BCUT2D eigenvalue weighted by atomic mass is 15.0. The third-order valence-corrected chi connectivity index (χ3v) is 3.44. The topological polar surface area (TPSA) is 50.7 Å². The quantitative estimate of drug-likeness (QED) is 0.601. The fourth-order valence-electron chi connectivity index (χ4n) is 2.45. The van der Waals surface area contributed by atoms with Gasteiger partial charge in [0.25, 0.3) is 0 Å². The molecule has 0 aliphatic carbocycles. The van der Waals surface area contributed by atoms with Gasteiger partial charge in [-0.1, -0.05) is 36.4 Å². The summed E-state index contributed by atoms with van der Waals surface area (Å²) in [7, 11) is 0. The van der Waals surface area contributed by atoms with E-state index in [4.69, 9.17) is 0 Å². The van der Waals surface area contributed by atoms with Crippen LogP contribution in [-0.4, -0.2) is 15.0 Å². The average molecular weight is 272 g/mol. The first-order valence-corrected chi connectivity index (χ1v) is 6.72. The second-order valence-corrected chi connectivity index (χ2v) is 4.75. The van der Waals surface area contributed by atoms with Gasteiger partial charge in [0.2, 0.25) is 0 Å². The van der Waals surface area contributed by atoms with Gasteiger partial charge in [-0.05, 0) is 23.6 Å². The maximum absolute atomic E-state index is 4.37. The summed E-state index contributed by atoms with van der Waals surface area (Å²) in [6.07, 6.45) is 3.30. The Kier molecular flexibility index (Phi) is 2.71. The highest BCUT2D eigenvalue weighted by molar-refractivity contribution is 5.97. The van der Waals surface area contributed by atoms with E-state index in [-0.39, 0.29) is 0 Å². The number of rotatable bonds is 2. The Morgan fingerprint density at radius 3 is 2.67 bits per heavy atom. The lowest BCUT2D eigenvalue weighted by molar-refractivity contribution is 1.20. The molecular weight excluding hydrogens is 260 g/mol. The molecule has 21 heavy (non-hydrogen) atoms. The predicted molar refractivity (Wildman–Crippen MR) is 84.6 cm³/mol. The number of hydrogen-bond donors (Lipinski definition) is 1. The highest BCUT2D eigenvalue weighted by Crippen LogP contribution is 2.27. The Labute approximate surface area is 121 Å². The molecule has 0 saturated carbocycles. The minimum absolute atomic E-state index is 0.719. The Balaban J connectivity index is 1.87. The van der Waals surface area contributed by atoms with Crippen LogP contribution < -0.4 is 5.32 Å². The Morgan fingerprint density at radius 2 is 1.67 bits per heavy atom. The molecule has 4 heteroatoms. The molecule has 0 radical (unpaired) electrons. The summed E-state index contributed by atoms with van der Waals surface area (Å²) >= 11 is 0. The second kappa shape index (κ2) is 4.83. The molecular formula is C17H12N4. The fourth-order valence-corrected chi connectivity index (χ4v) is 2.45. The minimum Gasteiger partial charge on any atom is -0.338 e. The van der Waals surface area contributed by atoms with E-state index in [0.29, 0.717) is 0 Å². The third kappa shape index (κ3) is 2.07. The number of nitrogens with one attached hydrogen (secondary N) is 1. The van der Waals surface area contributed by atoms with E-state index in [1.807, 2.05) is 36.4 Å². The van der Waals surface area contributed by atoms with Gasteiger partial charge < -0.3 is 5.32 Å². The van der Waals surface area contributed by atoms with E-state index in [9.17, 15) is 0 Å². The van der Waals surface area contributed by atoms with Crippen molar-refractivity contribution in [3.8, 4) is 0 Å². The van der Waals surface area contributed by atoms with E-state index < -0.39 is 0 Å². The zero-order chi connectivity index (χ0) is 14.1. The molecule has 0 unspecified atom stereocenters. The first-order chi connectivity index (χ1) is 10.4. The molecule has 4 nitrogen and oxygen atoms in total. The largest absolute Gasteiger partial charge is 0.338 e. The van der Waals surface area contributed by atoms with Gasteiger partial charge in [-0.25, -0.2) is 9.97 Å². The first kappa shape index (κ1) is 11.8. The van der Waals surface area contributed by atoms with Gasteiger partial charge in [-0.3, -0.25) is 4.98 Å². The van der Waals surface area contributed by atoms with Gasteiger partial charge >= 0.3 is 0 Å². The summed E-state index contributed by atoms with van der Waals surface area (Å²) in [5.74, 6) is 0.719. The second-order valence-electron chi connectivity index (χ2n) is 4.75. The molecule has 0 spiro atoms. The third-order valence-electron chi connectivity index (χ3n) is 3.44. The van der Waals surface area contributed by atoms with E-state index >= 15 is 0 Å². The summed E-state index contributed by atoms with van der Waals surface area (Å²) < 4.78 is 0. The van der Waals surface area contributed by atoms with Crippen LogP contribution in [0, 0.1) is 0 Å². The average Bonchev–Trinajstić information content (AvgIpc) is 2.56. The number of nitrogens with zero attached hydrogens (tertiary/aromatic N) is 3. The van der Waals surface area contributed by atoms with Crippen LogP contribution in [0.1, 0.15) is 0 Å². The molecule has 1 N–H and O–H groups in total. The molecule has 0 amide bonds. The molecule has 2 aromatic heterocycles. The van der Waals surface area contributed by atoms with Crippen molar-refractivity contribution in [2.45, 2.75) is 0 Å². The highest BCUT2D eigenvalue weighted by Gasteiger charge is 2.06. The molecule has 4 aromatic rings. The molecule has 0 atom stereocenters. The summed E-state index contributed by atoms with van der Waals surface area (Å²) in [5, 5.41) is 5.72. The Hall–Kier alpha value is -3.01. The van der Waals surface area contributed by atoms with Crippen molar-refractivity contribution in [2.24, 2.45) is 0 Å². The molecule has 0 aliphatic heterocycles. The Bertz CT molecular complexity index is 846. The van der Waals surface area contributed by atoms with Crippen molar-refractivity contribution in [3.63, 3.8) is 0 Å². The first-order valence-electron chi connectivity index (χ1n) is 6.72. The smallest absolute Gasteiger partial charge is 0.160 e. The lowest BCUT2D eigenvalue weighted by Gasteiger charge is -2.10. The Morgan fingerprint density at radius 1 is 0.762 bits per heavy atom. The van der Waals surface area contributed by atoms with Gasteiger partial charge in [-0.15, -0.1) is 0 Å². The van der Waals surface area contributed by atoms with Gasteiger partial charge in [-0.2, -0.15) is 0 Å². The van der Waals surface area contributed by atoms with Crippen molar-refractivity contribution < 1.29 is 0 Å². The van der Waals surface area contributed by atoms with E-state index in [1.165, 1.54) is 5.39 Å². The van der Waals surface area contributed by atoms with Crippen LogP contribution in [0.5, 0.6) is 0 Å². The molecule has 100 valence electrons. The maximum Gasteiger partial charge on any atom is 0.160 e. The number of fused-ring (bicyclic) bond motifs is 2. The van der Waals surface area contributed by atoms with Gasteiger partial charge in [0.1, 0.15) is 11.8 Å². The minimum atomic E-state index is 0.719. The molecule has 0 aliphatic rings. The van der Waals surface area contributed by atoms with Crippen LogP contribution >= 0.6 is 0 Å². The van der Waals surface area contributed by atoms with Crippen LogP contribution in [-0.2, 0) is 0 Å². The lowest BCUT2D eigenvalue weighted by atomic mass is 10.1. The van der Waals surface area contributed by atoms with Crippen molar-refractivity contribution in [3.05, 3.63) is 67.1 Å². The molecule has 0 bridgehead atoms. The number of anilines is 2. The van der Waals surface area contributed by atoms with Crippen LogP contribution in [0.3, 0.4) is 0 Å². The fraction of sp³-hybridized carbons (Fsp3) is 0. The number of hydrogen-bond acceptors (Lipinski definition) is 4. The molecule has 0 fully saturated rings. The zero-order valence-corrected chi connectivity index (χ0v) is 11.2. The summed E-state index contributed by atoms with van der Waals surface area (Å²) in [4.78, 5) is 12.9. The zero-order valence-electron chi connectivity index (χ0n) is 11.2. The van der Waals surface area contributed by atoms with Crippen molar-refractivity contribution in [1.29, 1.82) is 0 Å². The standard InChI is InChI=1S/C17H12N4/c1-2-7-13-12(5-1)6-3-8-14(13)21-17-16-15(19-11-20-17)9-4-10-18-16/h1-11H,(H,19,20,21). The van der Waals surface area contributed by atoms with Crippen molar-refractivity contribution in [1.82, 2.24) is 15.0 Å². The lowest BCUT2D eigenvalue weighted by Crippen LogP contribution is -1.97. The summed E-state index contributed by atoms with van der Waals surface area (Å²) in [6, 6.07) is 18.2. The van der Waals surface area contributed by atoms with E-state index in [1.54, 1.807) is 12.5 Å². The molecule has 4 rings (SSSR count). The van der Waals surface area contributed by atoms with Crippen LogP contribution in [0.25, 0.3) is 21.8 Å². The van der Waals surface area contributed by atoms with Crippen LogP contribution in [0.2, 0.25) is 0 Å². The van der Waals surface area contributed by atoms with E-state index in [2.05, 4.69) is 38.5 Å². The maximum atomic E-state index is 4.37. The normalized spacial score (nSPS) is 10.9. The van der Waals surface area contributed by atoms with Gasteiger partial charge in [0.15, 0.2) is 5.82 Å². The summed E-state index contributed by atoms with van der Waals surface area (Å²) in [6.45, 7) is 0. The predicted octanol–water partition coefficient (Wildman–Crippen LogP) is 3.92. The SMILES string of the molecule is c1ccc2c(Nc3ncnc4cccnc34)cccc2c1. The monoisotopic (exact) mass is 272 g/mol. The molecule has 2 aromatic carbocycles. The molecule has 0 saturated heterocycles. The van der Waals surface area contributed by atoms with Crippen LogP contribution in [0.15, 0.2) is 67.1 Å². The van der Waals surface area contributed by atoms with Gasteiger partial charge in [0.05, 0.1) is 5.52 Å².